The molecule has 1 aromatic rings. The molecule has 0 saturated carbocycles. The molecule has 24 heavy (non-hydrogen) atoms. The Hall–Kier alpha value is -2.34. The molecule has 0 aromatic heterocycles. The number of hydrogen-bond acceptors (Lipinski definition) is 4. The molecular formula is C18H24N2O4. The first-order valence-electron chi connectivity index (χ1n) is 7.96. The van der Waals surface area contributed by atoms with E-state index in [1.165, 1.54) is 6.08 Å². The van der Waals surface area contributed by atoms with E-state index in [-0.39, 0.29) is 17.9 Å². The molecule has 6 heteroatoms. The summed E-state index contributed by atoms with van der Waals surface area (Å²) in [6.07, 6.45) is 1.37. The number of rotatable bonds is 6. The lowest BCUT2D eigenvalue weighted by atomic mass is 10.1. The zero-order valence-corrected chi connectivity index (χ0v) is 14.2. The molecule has 0 bridgehead atoms. The smallest absolute Gasteiger partial charge is 0.243 e. The summed E-state index contributed by atoms with van der Waals surface area (Å²) < 4.78 is 10.8. The van der Waals surface area contributed by atoms with Crippen LogP contribution in [0.1, 0.15) is 11.1 Å². The van der Waals surface area contributed by atoms with E-state index in [0.29, 0.717) is 32.7 Å². The summed E-state index contributed by atoms with van der Waals surface area (Å²) in [5.74, 6) is 0.634. The second-order valence-corrected chi connectivity index (χ2v) is 5.76. The molecule has 1 atom stereocenters. The van der Waals surface area contributed by atoms with E-state index < -0.39 is 0 Å². The summed E-state index contributed by atoms with van der Waals surface area (Å²) in [5.41, 5.74) is 1.97. The number of nitrogens with one attached hydrogen (secondary N) is 1. The van der Waals surface area contributed by atoms with Crippen molar-refractivity contribution in [2.24, 2.45) is 0 Å². The molecule has 1 aliphatic rings. The predicted octanol–water partition coefficient (Wildman–Crippen LogP) is 1.08. The fraction of sp³-hybridized carbons (Fsp3) is 0.444. The van der Waals surface area contributed by atoms with Gasteiger partial charge < -0.3 is 19.7 Å². The average molecular weight is 332 g/mol. The maximum Gasteiger partial charge on any atom is 0.243 e. The van der Waals surface area contributed by atoms with Crippen LogP contribution in [-0.4, -0.2) is 56.2 Å². The number of carbonyl (C=O) groups is 2. The van der Waals surface area contributed by atoms with Crippen LogP contribution in [0.25, 0.3) is 0 Å². The molecule has 1 aliphatic heterocycles. The van der Waals surface area contributed by atoms with Crippen LogP contribution in [0.15, 0.2) is 30.9 Å². The van der Waals surface area contributed by atoms with Gasteiger partial charge in [0.2, 0.25) is 11.8 Å². The predicted molar refractivity (Wildman–Crippen MR) is 91.0 cm³/mol. The highest BCUT2D eigenvalue weighted by atomic mass is 16.5. The zero-order valence-electron chi connectivity index (χ0n) is 14.2. The summed E-state index contributed by atoms with van der Waals surface area (Å²) in [6, 6.07) is 5.76. The Morgan fingerprint density at radius 3 is 2.96 bits per heavy atom. The summed E-state index contributed by atoms with van der Waals surface area (Å²) in [7, 11) is 1.63. The van der Waals surface area contributed by atoms with Crippen molar-refractivity contribution in [2.75, 3.05) is 33.4 Å². The van der Waals surface area contributed by atoms with Crippen molar-refractivity contribution >= 4 is 11.8 Å². The molecule has 0 unspecified atom stereocenters. The minimum absolute atomic E-state index is 0.0583. The van der Waals surface area contributed by atoms with E-state index >= 15 is 0 Å². The zero-order chi connectivity index (χ0) is 17.5. The number of ether oxygens (including phenoxy) is 2. The molecule has 0 radical (unpaired) electrons. The minimum Gasteiger partial charge on any atom is -0.496 e. The largest absolute Gasteiger partial charge is 0.496 e. The van der Waals surface area contributed by atoms with E-state index in [0.717, 1.165) is 16.9 Å². The van der Waals surface area contributed by atoms with E-state index in [1.807, 2.05) is 25.1 Å². The summed E-state index contributed by atoms with van der Waals surface area (Å²) in [4.78, 5) is 25.5. The van der Waals surface area contributed by atoms with Crippen LogP contribution in [0.2, 0.25) is 0 Å². The van der Waals surface area contributed by atoms with Crippen molar-refractivity contribution in [3.8, 4) is 5.75 Å². The van der Waals surface area contributed by atoms with Crippen LogP contribution in [0.5, 0.6) is 5.75 Å². The molecule has 130 valence electrons. The number of carbonyl (C=O) groups excluding carboxylic acids is 2. The Balaban J connectivity index is 1.90. The van der Waals surface area contributed by atoms with Crippen LogP contribution in [0.3, 0.4) is 0 Å². The number of aryl methyl sites for hydroxylation is 1. The first-order chi connectivity index (χ1) is 11.5. The van der Waals surface area contributed by atoms with Gasteiger partial charge in [-0.05, 0) is 30.2 Å². The Kier molecular flexibility index (Phi) is 6.37. The molecule has 1 saturated heterocycles. The van der Waals surface area contributed by atoms with Crippen molar-refractivity contribution in [3.05, 3.63) is 42.0 Å². The van der Waals surface area contributed by atoms with Gasteiger partial charge in [0.25, 0.3) is 0 Å². The lowest BCUT2D eigenvalue weighted by Gasteiger charge is -2.33. The average Bonchev–Trinajstić information content (AvgIpc) is 2.60. The Morgan fingerprint density at radius 2 is 2.29 bits per heavy atom. The maximum atomic E-state index is 12.5. The highest BCUT2D eigenvalue weighted by Gasteiger charge is 2.24. The van der Waals surface area contributed by atoms with Gasteiger partial charge in [0.1, 0.15) is 5.75 Å². The summed E-state index contributed by atoms with van der Waals surface area (Å²) >= 11 is 0. The molecule has 0 spiro atoms. The topological polar surface area (TPSA) is 67.9 Å². The fourth-order valence-corrected chi connectivity index (χ4v) is 2.69. The monoisotopic (exact) mass is 332 g/mol. The third-order valence-corrected chi connectivity index (χ3v) is 4.00. The number of methoxy groups -OCH3 is 1. The highest BCUT2D eigenvalue weighted by molar-refractivity contribution is 5.86. The Labute approximate surface area is 142 Å². The van der Waals surface area contributed by atoms with Crippen LogP contribution < -0.4 is 10.1 Å². The molecular weight excluding hydrogens is 308 g/mol. The number of nitrogens with zero attached hydrogens (tertiary/aromatic N) is 1. The maximum absolute atomic E-state index is 12.5. The van der Waals surface area contributed by atoms with Crippen LogP contribution in [0, 0.1) is 6.92 Å². The van der Waals surface area contributed by atoms with E-state index in [2.05, 4.69) is 11.9 Å². The van der Waals surface area contributed by atoms with Gasteiger partial charge in [0.15, 0.2) is 0 Å². The van der Waals surface area contributed by atoms with E-state index in [1.54, 1.807) is 12.0 Å². The van der Waals surface area contributed by atoms with Gasteiger partial charge in [-0.25, -0.2) is 0 Å². The van der Waals surface area contributed by atoms with Crippen molar-refractivity contribution in [1.82, 2.24) is 10.2 Å². The Bertz CT molecular complexity index is 615. The number of amides is 2. The standard InChI is InChI=1S/C18H24N2O4/c1-4-17(21)19-11-15-12-20(7-8-24-15)18(22)10-14-5-6-16(23-3)13(2)9-14/h4-6,9,15H,1,7-8,10-12H2,2-3H3,(H,19,21)/t15-/m0/s1. The fourth-order valence-electron chi connectivity index (χ4n) is 2.69. The second kappa shape index (κ2) is 8.49. The first kappa shape index (κ1) is 18.0. The van der Waals surface area contributed by atoms with E-state index in [9.17, 15) is 9.59 Å². The highest BCUT2D eigenvalue weighted by Crippen LogP contribution is 2.19. The molecule has 6 nitrogen and oxygen atoms in total. The van der Waals surface area contributed by atoms with Crippen molar-refractivity contribution < 1.29 is 19.1 Å². The van der Waals surface area contributed by atoms with Gasteiger partial charge in [-0.2, -0.15) is 0 Å². The second-order valence-electron chi connectivity index (χ2n) is 5.76. The van der Waals surface area contributed by atoms with Crippen LogP contribution in [-0.2, 0) is 20.7 Å². The Morgan fingerprint density at radius 1 is 1.50 bits per heavy atom. The SMILES string of the molecule is C=CC(=O)NC[C@H]1CN(C(=O)Cc2ccc(OC)c(C)c2)CCO1. The van der Waals surface area contributed by atoms with E-state index in [4.69, 9.17) is 9.47 Å². The normalized spacial score (nSPS) is 17.2. The molecule has 1 N–H and O–H groups in total. The van der Waals surface area contributed by atoms with Crippen molar-refractivity contribution in [2.45, 2.75) is 19.4 Å². The van der Waals surface area contributed by atoms with Gasteiger partial charge in [-0.1, -0.05) is 18.7 Å². The number of morpholine rings is 1. The quantitative estimate of drug-likeness (QED) is 0.792. The van der Waals surface area contributed by atoms with Gasteiger partial charge in [-0.3, -0.25) is 9.59 Å². The third-order valence-electron chi connectivity index (χ3n) is 4.00. The lowest BCUT2D eigenvalue weighted by molar-refractivity contribution is -0.138. The molecule has 0 aliphatic carbocycles. The van der Waals surface area contributed by atoms with Crippen molar-refractivity contribution in [3.63, 3.8) is 0 Å². The minimum atomic E-state index is -0.240. The molecule has 2 amide bonds. The first-order valence-corrected chi connectivity index (χ1v) is 7.96. The molecule has 1 heterocycles. The van der Waals surface area contributed by atoms with Crippen LogP contribution >= 0.6 is 0 Å². The van der Waals surface area contributed by atoms with Crippen molar-refractivity contribution in [1.29, 1.82) is 0 Å². The van der Waals surface area contributed by atoms with Gasteiger partial charge in [0.05, 0.1) is 26.2 Å². The molecule has 1 aromatic carbocycles. The third kappa shape index (κ3) is 4.83. The summed E-state index contributed by atoms with van der Waals surface area (Å²) in [5, 5.41) is 2.70. The van der Waals surface area contributed by atoms with Gasteiger partial charge >= 0.3 is 0 Å². The summed E-state index contributed by atoms with van der Waals surface area (Å²) in [6.45, 7) is 7.26. The van der Waals surface area contributed by atoms with Gasteiger partial charge in [0, 0.05) is 19.6 Å². The number of hydrogen-bond donors (Lipinski definition) is 1. The molecule has 2 rings (SSSR count). The lowest BCUT2D eigenvalue weighted by Crippen LogP contribution is -2.49. The number of benzene rings is 1. The molecule has 1 fully saturated rings. The van der Waals surface area contributed by atoms with Gasteiger partial charge in [-0.15, -0.1) is 0 Å². The van der Waals surface area contributed by atoms with Crippen LogP contribution in [0.4, 0.5) is 0 Å².